The third kappa shape index (κ3) is 8.33. The number of nitrogens with zero attached hydrogens (tertiary/aromatic N) is 2. The first-order valence-electron chi connectivity index (χ1n) is 15.4. The molecule has 7 nitrogen and oxygen atoms in total. The monoisotopic (exact) mass is 661 g/mol. The molecule has 0 bridgehead atoms. The number of amides is 2. The van der Waals surface area contributed by atoms with E-state index in [-0.39, 0.29) is 35.5 Å². The van der Waals surface area contributed by atoms with Crippen molar-refractivity contribution in [3.05, 3.63) is 131 Å². The Morgan fingerprint density at radius 2 is 1.41 bits per heavy atom. The Balaban J connectivity index is 1.56. The lowest BCUT2D eigenvalue weighted by atomic mass is 9.94. The predicted molar refractivity (Wildman–Crippen MR) is 178 cm³/mol. The van der Waals surface area contributed by atoms with E-state index in [2.05, 4.69) is 5.32 Å². The van der Waals surface area contributed by atoms with E-state index in [1.807, 2.05) is 30.3 Å². The molecule has 1 saturated carbocycles. The van der Waals surface area contributed by atoms with E-state index in [4.69, 9.17) is 11.6 Å². The van der Waals surface area contributed by atoms with Crippen LogP contribution < -0.4 is 9.62 Å². The zero-order valence-corrected chi connectivity index (χ0v) is 27.0. The quantitative estimate of drug-likeness (QED) is 0.182. The maximum atomic E-state index is 15.2. The Morgan fingerprint density at radius 1 is 0.804 bits per heavy atom. The third-order valence-corrected chi connectivity index (χ3v) is 10.2. The van der Waals surface area contributed by atoms with Crippen molar-refractivity contribution in [3.63, 3.8) is 0 Å². The lowest BCUT2D eigenvalue weighted by molar-refractivity contribution is -0.140. The molecule has 10 heteroatoms. The van der Waals surface area contributed by atoms with Gasteiger partial charge in [-0.15, -0.1) is 0 Å². The molecular formula is C36H37ClFN3O4S. The molecule has 0 aromatic heterocycles. The second-order valence-corrected chi connectivity index (χ2v) is 13.8. The largest absolute Gasteiger partial charge is 0.352 e. The second-order valence-electron chi connectivity index (χ2n) is 11.5. The van der Waals surface area contributed by atoms with Gasteiger partial charge in [-0.1, -0.05) is 104 Å². The molecular weight excluding hydrogens is 625 g/mol. The van der Waals surface area contributed by atoms with E-state index in [1.165, 1.54) is 35.2 Å². The van der Waals surface area contributed by atoms with Crippen LogP contribution in [-0.4, -0.2) is 43.8 Å². The van der Waals surface area contributed by atoms with Crippen molar-refractivity contribution >= 4 is 39.1 Å². The van der Waals surface area contributed by atoms with Crippen LogP contribution in [0.15, 0.2) is 114 Å². The summed E-state index contributed by atoms with van der Waals surface area (Å²) in [6.07, 6.45) is 5.04. The molecule has 0 heterocycles. The minimum absolute atomic E-state index is 0.00207. The lowest BCUT2D eigenvalue weighted by Gasteiger charge is -2.35. The first kappa shape index (κ1) is 33.2. The van der Waals surface area contributed by atoms with E-state index in [9.17, 15) is 18.0 Å². The van der Waals surface area contributed by atoms with E-state index < -0.39 is 34.3 Å². The Kier molecular flexibility index (Phi) is 11.1. The van der Waals surface area contributed by atoms with Crippen LogP contribution in [0.25, 0.3) is 0 Å². The van der Waals surface area contributed by atoms with Gasteiger partial charge in [0.25, 0.3) is 10.0 Å². The number of carbonyl (C=O) groups is 2. The van der Waals surface area contributed by atoms with E-state index in [0.29, 0.717) is 10.6 Å². The normalized spacial score (nSPS) is 14.3. The molecule has 1 aliphatic carbocycles. The predicted octanol–water partition coefficient (Wildman–Crippen LogP) is 6.76. The fourth-order valence-corrected chi connectivity index (χ4v) is 7.34. The van der Waals surface area contributed by atoms with Gasteiger partial charge in [-0.2, -0.15) is 0 Å². The van der Waals surface area contributed by atoms with Gasteiger partial charge in [0, 0.05) is 24.0 Å². The van der Waals surface area contributed by atoms with Gasteiger partial charge in [-0.25, -0.2) is 12.8 Å². The van der Waals surface area contributed by atoms with Crippen LogP contribution >= 0.6 is 11.6 Å². The van der Waals surface area contributed by atoms with E-state index in [1.54, 1.807) is 42.5 Å². The summed E-state index contributed by atoms with van der Waals surface area (Å²) in [7, 11) is -4.38. The summed E-state index contributed by atoms with van der Waals surface area (Å²) in [5.41, 5.74) is 1.27. The van der Waals surface area contributed by atoms with Gasteiger partial charge in [0.15, 0.2) is 0 Å². The molecule has 0 spiro atoms. The molecule has 2 amide bonds. The summed E-state index contributed by atoms with van der Waals surface area (Å²) in [6, 6.07) is 28.3. The number of sulfonamides is 1. The minimum atomic E-state index is -4.38. The maximum absolute atomic E-state index is 15.2. The average Bonchev–Trinajstić information content (AvgIpc) is 3.07. The molecule has 0 saturated heterocycles. The summed E-state index contributed by atoms with van der Waals surface area (Å²) >= 11 is 6.15. The minimum Gasteiger partial charge on any atom is -0.352 e. The van der Waals surface area contributed by atoms with Crippen LogP contribution in [0.5, 0.6) is 0 Å². The molecule has 0 radical (unpaired) electrons. The summed E-state index contributed by atoms with van der Waals surface area (Å²) in [5, 5.41) is 3.69. The van der Waals surface area contributed by atoms with Crippen LogP contribution in [0.1, 0.15) is 43.2 Å². The van der Waals surface area contributed by atoms with Gasteiger partial charge in [-0.3, -0.25) is 13.9 Å². The van der Waals surface area contributed by atoms with Gasteiger partial charge in [0.2, 0.25) is 11.8 Å². The van der Waals surface area contributed by atoms with Crippen molar-refractivity contribution in [1.29, 1.82) is 0 Å². The van der Waals surface area contributed by atoms with Crippen LogP contribution in [0, 0.1) is 5.82 Å². The molecule has 240 valence electrons. The van der Waals surface area contributed by atoms with E-state index in [0.717, 1.165) is 48.0 Å². The highest BCUT2D eigenvalue weighted by atomic mass is 35.5. The standard InChI is InChI=1S/C36H37ClFN3O4S/c37-29-22-20-28(21-23-29)25-40(34(24-27-12-4-1-5-13-27)36(43)39-30-14-6-2-7-15-30)35(42)26-41(33-19-11-10-18-32(33)38)46(44,45)31-16-8-3-9-17-31/h1,3-5,8-13,16-23,30,34H,2,6-7,14-15,24-26H2,(H,39,43). The first-order chi connectivity index (χ1) is 22.2. The Labute approximate surface area is 275 Å². The summed E-state index contributed by atoms with van der Waals surface area (Å²) < 4.78 is 44.0. The number of hydrogen-bond donors (Lipinski definition) is 1. The molecule has 5 rings (SSSR count). The fourth-order valence-electron chi connectivity index (χ4n) is 5.77. The number of benzene rings is 4. The highest BCUT2D eigenvalue weighted by Crippen LogP contribution is 2.27. The molecule has 1 fully saturated rings. The zero-order chi connectivity index (χ0) is 32.5. The molecule has 0 aliphatic heterocycles. The molecule has 1 unspecified atom stereocenters. The van der Waals surface area contributed by atoms with Crippen molar-refractivity contribution < 1.29 is 22.4 Å². The molecule has 1 aliphatic rings. The maximum Gasteiger partial charge on any atom is 0.264 e. The third-order valence-electron chi connectivity index (χ3n) is 8.22. The number of rotatable bonds is 12. The number of nitrogens with one attached hydrogen (secondary N) is 1. The van der Waals surface area contributed by atoms with E-state index >= 15 is 4.39 Å². The van der Waals surface area contributed by atoms with Crippen LogP contribution in [0.4, 0.5) is 10.1 Å². The van der Waals surface area contributed by atoms with Crippen molar-refractivity contribution in [3.8, 4) is 0 Å². The topological polar surface area (TPSA) is 86.8 Å². The fraction of sp³-hybridized carbons (Fsp3) is 0.278. The summed E-state index contributed by atoms with van der Waals surface area (Å²) in [5.74, 6) is -1.77. The molecule has 1 N–H and O–H groups in total. The SMILES string of the molecule is O=C(NC1CCCCC1)C(Cc1ccccc1)N(Cc1ccc(Cl)cc1)C(=O)CN(c1ccccc1F)S(=O)(=O)c1ccccc1. The lowest BCUT2D eigenvalue weighted by Crippen LogP contribution is -2.55. The Bertz CT molecular complexity index is 1720. The number of halogens is 2. The smallest absolute Gasteiger partial charge is 0.264 e. The van der Waals surface area contributed by atoms with Crippen LogP contribution in [0.3, 0.4) is 0 Å². The number of hydrogen-bond acceptors (Lipinski definition) is 4. The van der Waals surface area contributed by atoms with Crippen molar-refractivity contribution in [2.24, 2.45) is 0 Å². The van der Waals surface area contributed by atoms with Crippen LogP contribution in [-0.2, 0) is 32.6 Å². The molecule has 4 aromatic carbocycles. The summed E-state index contributed by atoms with van der Waals surface area (Å²) in [6.45, 7) is -0.726. The zero-order valence-electron chi connectivity index (χ0n) is 25.4. The number of carbonyl (C=O) groups excluding carboxylic acids is 2. The number of anilines is 1. The summed E-state index contributed by atoms with van der Waals surface area (Å²) in [4.78, 5) is 29.9. The molecule has 1 atom stereocenters. The van der Waals surface area contributed by atoms with Gasteiger partial charge in [0.05, 0.1) is 10.6 Å². The van der Waals surface area contributed by atoms with Crippen molar-refractivity contribution in [2.45, 2.75) is 62.0 Å². The average molecular weight is 662 g/mol. The molecule has 4 aromatic rings. The van der Waals surface area contributed by atoms with Crippen LogP contribution in [0.2, 0.25) is 5.02 Å². The van der Waals surface area contributed by atoms with Gasteiger partial charge >= 0.3 is 0 Å². The second kappa shape index (κ2) is 15.4. The highest BCUT2D eigenvalue weighted by molar-refractivity contribution is 7.92. The van der Waals surface area contributed by atoms with Gasteiger partial charge < -0.3 is 10.2 Å². The Morgan fingerprint density at radius 3 is 2.07 bits per heavy atom. The van der Waals surface area contributed by atoms with Gasteiger partial charge in [-0.05, 0) is 60.4 Å². The van der Waals surface area contributed by atoms with Crippen molar-refractivity contribution in [2.75, 3.05) is 10.8 Å². The van der Waals surface area contributed by atoms with Gasteiger partial charge in [0.1, 0.15) is 18.4 Å². The number of para-hydroxylation sites is 1. The first-order valence-corrected chi connectivity index (χ1v) is 17.2. The highest BCUT2D eigenvalue weighted by Gasteiger charge is 2.36. The van der Waals surface area contributed by atoms with Crippen molar-refractivity contribution in [1.82, 2.24) is 10.2 Å². The Hall–Kier alpha value is -4.21. The molecule has 46 heavy (non-hydrogen) atoms.